The quantitative estimate of drug-likeness (QED) is 0.803. The summed E-state index contributed by atoms with van der Waals surface area (Å²) in [4.78, 5) is 26.2. The van der Waals surface area contributed by atoms with Crippen LogP contribution in [0.2, 0.25) is 0 Å². The molecule has 1 atom stereocenters. The second kappa shape index (κ2) is 8.48. The number of hydrogen-bond acceptors (Lipinski definition) is 4. The molecule has 1 aliphatic heterocycles. The first-order valence-electron chi connectivity index (χ1n) is 10.4. The highest BCUT2D eigenvalue weighted by Gasteiger charge is 2.41. The Labute approximate surface area is 176 Å². The molecule has 2 aromatic carbocycles. The van der Waals surface area contributed by atoms with Gasteiger partial charge in [-0.25, -0.2) is 4.79 Å². The molecule has 0 bridgehead atoms. The number of rotatable bonds is 5. The van der Waals surface area contributed by atoms with Crippen molar-refractivity contribution in [2.75, 3.05) is 33.4 Å². The number of carbonyl (C=O) groups excluding carboxylic acids is 1. The molecule has 6 nitrogen and oxygen atoms in total. The number of amides is 1. The highest BCUT2D eigenvalue weighted by atomic mass is 16.6. The van der Waals surface area contributed by atoms with Crippen LogP contribution in [-0.4, -0.2) is 55.5 Å². The van der Waals surface area contributed by atoms with E-state index in [1.807, 2.05) is 24.3 Å². The summed E-state index contributed by atoms with van der Waals surface area (Å²) in [5.74, 6) is -0.848. The molecule has 0 saturated carbocycles. The molecule has 0 radical (unpaired) electrons. The van der Waals surface area contributed by atoms with Gasteiger partial charge in [-0.05, 0) is 41.5 Å². The fourth-order valence-electron chi connectivity index (χ4n) is 4.76. The number of fused-ring (bicyclic) bond motifs is 3. The fraction of sp³-hybridized carbons (Fsp3) is 0.417. The summed E-state index contributed by atoms with van der Waals surface area (Å²) in [7, 11) is 1.51. The predicted molar refractivity (Wildman–Crippen MR) is 112 cm³/mol. The zero-order chi connectivity index (χ0) is 21.1. The van der Waals surface area contributed by atoms with E-state index in [-0.39, 0.29) is 25.2 Å². The summed E-state index contributed by atoms with van der Waals surface area (Å²) < 4.78 is 10.9. The Bertz CT molecular complexity index is 897. The Morgan fingerprint density at radius 2 is 1.67 bits per heavy atom. The lowest BCUT2D eigenvalue weighted by Gasteiger charge is -2.27. The minimum Gasteiger partial charge on any atom is -0.481 e. The van der Waals surface area contributed by atoms with Crippen molar-refractivity contribution in [2.45, 2.75) is 25.2 Å². The number of likely N-dealkylation sites (tertiary alicyclic amines) is 1. The zero-order valence-electron chi connectivity index (χ0n) is 17.2. The van der Waals surface area contributed by atoms with Crippen LogP contribution in [0.1, 0.15) is 36.3 Å². The maximum absolute atomic E-state index is 12.8. The third-order valence-corrected chi connectivity index (χ3v) is 6.41. The van der Waals surface area contributed by atoms with Crippen LogP contribution in [0.15, 0.2) is 48.5 Å². The lowest BCUT2D eigenvalue weighted by molar-refractivity contribution is -0.153. The van der Waals surface area contributed by atoms with E-state index in [4.69, 9.17) is 9.47 Å². The first-order chi connectivity index (χ1) is 14.6. The zero-order valence-corrected chi connectivity index (χ0v) is 17.2. The van der Waals surface area contributed by atoms with Crippen LogP contribution in [0.3, 0.4) is 0 Å². The Kier molecular flexibility index (Phi) is 5.77. The van der Waals surface area contributed by atoms with Crippen LogP contribution in [-0.2, 0) is 14.3 Å². The molecular weight excluding hydrogens is 382 g/mol. The molecule has 1 saturated heterocycles. The van der Waals surface area contributed by atoms with Crippen molar-refractivity contribution in [1.29, 1.82) is 0 Å². The van der Waals surface area contributed by atoms with Gasteiger partial charge < -0.3 is 19.5 Å². The Morgan fingerprint density at radius 3 is 2.27 bits per heavy atom. The smallest absolute Gasteiger partial charge is 0.409 e. The van der Waals surface area contributed by atoms with Crippen molar-refractivity contribution in [2.24, 2.45) is 5.41 Å². The van der Waals surface area contributed by atoms with Gasteiger partial charge in [0.15, 0.2) is 0 Å². The predicted octanol–water partition coefficient (Wildman–Crippen LogP) is 4.14. The number of carboxylic acids is 1. The molecule has 1 heterocycles. The van der Waals surface area contributed by atoms with Gasteiger partial charge in [-0.3, -0.25) is 4.79 Å². The van der Waals surface area contributed by atoms with Crippen molar-refractivity contribution in [3.63, 3.8) is 0 Å². The second-order valence-corrected chi connectivity index (χ2v) is 8.16. The van der Waals surface area contributed by atoms with E-state index in [1.54, 1.807) is 4.90 Å². The molecular formula is C24H27NO5. The number of ether oxygens (including phenoxy) is 2. The highest BCUT2D eigenvalue weighted by molar-refractivity contribution is 5.79. The molecule has 30 heavy (non-hydrogen) atoms. The number of carboxylic acid groups (broad SMARTS) is 1. The molecule has 1 amide bonds. The molecule has 1 fully saturated rings. The van der Waals surface area contributed by atoms with Crippen LogP contribution in [0, 0.1) is 5.41 Å². The van der Waals surface area contributed by atoms with E-state index in [0.717, 1.165) is 0 Å². The van der Waals surface area contributed by atoms with Crippen molar-refractivity contribution in [1.82, 2.24) is 4.90 Å². The van der Waals surface area contributed by atoms with E-state index < -0.39 is 11.4 Å². The van der Waals surface area contributed by atoms with Gasteiger partial charge in [0.1, 0.15) is 6.61 Å². The molecule has 4 rings (SSSR count). The normalized spacial score (nSPS) is 20.9. The second-order valence-electron chi connectivity index (χ2n) is 8.16. The number of methoxy groups -OCH3 is 1. The van der Waals surface area contributed by atoms with Crippen LogP contribution in [0.4, 0.5) is 4.79 Å². The number of hydrogen-bond donors (Lipinski definition) is 1. The topological polar surface area (TPSA) is 76.1 Å². The SMILES string of the molecule is COCC1(C(=O)O)CCCN(C(=O)OCC2c3ccccc3-c3ccccc32)CC1. The summed E-state index contributed by atoms with van der Waals surface area (Å²) >= 11 is 0. The van der Waals surface area contributed by atoms with Gasteiger partial charge >= 0.3 is 12.1 Å². The lowest BCUT2D eigenvalue weighted by Crippen LogP contribution is -2.38. The first-order valence-corrected chi connectivity index (χ1v) is 10.4. The number of benzene rings is 2. The number of nitrogens with zero attached hydrogens (tertiary/aromatic N) is 1. The molecule has 0 spiro atoms. The standard InChI is InChI=1S/C24H27NO5/c1-29-16-24(22(26)27)11-6-13-25(14-12-24)23(28)30-15-21-19-9-4-2-7-17(19)18-8-3-5-10-20(18)21/h2-5,7-10,21H,6,11-16H2,1H3,(H,26,27). The summed E-state index contributed by atoms with van der Waals surface area (Å²) in [6, 6.07) is 16.5. The maximum Gasteiger partial charge on any atom is 0.409 e. The van der Waals surface area contributed by atoms with Gasteiger partial charge in [0.2, 0.25) is 0 Å². The summed E-state index contributed by atoms with van der Waals surface area (Å²) in [5.41, 5.74) is 3.79. The summed E-state index contributed by atoms with van der Waals surface area (Å²) in [6.07, 6.45) is 1.08. The van der Waals surface area contributed by atoms with Gasteiger partial charge in [0.05, 0.1) is 12.0 Å². The molecule has 2 aromatic rings. The van der Waals surface area contributed by atoms with E-state index in [0.29, 0.717) is 32.4 Å². The van der Waals surface area contributed by atoms with Gasteiger partial charge in [-0.15, -0.1) is 0 Å². The molecule has 2 aliphatic rings. The van der Waals surface area contributed by atoms with Crippen LogP contribution >= 0.6 is 0 Å². The van der Waals surface area contributed by atoms with E-state index in [9.17, 15) is 14.7 Å². The van der Waals surface area contributed by atoms with E-state index >= 15 is 0 Å². The minimum absolute atomic E-state index is 0.0138. The van der Waals surface area contributed by atoms with Crippen LogP contribution in [0.5, 0.6) is 0 Å². The minimum atomic E-state index is -0.937. The monoisotopic (exact) mass is 409 g/mol. The van der Waals surface area contributed by atoms with Gasteiger partial charge in [0, 0.05) is 26.1 Å². The number of aliphatic carboxylic acids is 1. The van der Waals surface area contributed by atoms with Crippen molar-refractivity contribution < 1.29 is 24.2 Å². The summed E-state index contributed by atoms with van der Waals surface area (Å²) in [5, 5.41) is 9.69. The first kappa shape index (κ1) is 20.4. The molecule has 0 aromatic heterocycles. The maximum atomic E-state index is 12.8. The lowest BCUT2D eigenvalue weighted by atomic mass is 9.81. The third kappa shape index (κ3) is 3.67. The van der Waals surface area contributed by atoms with Crippen molar-refractivity contribution >= 4 is 12.1 Å². The van der Waals surface area contributed by atoms with Gasteiger partial charge in [-0.2, -0.15) is 0 Å². The van der Waals surface area contributed by atoms with Crippen molar-refractivity contribution in [3.05, 3.63) is 59.7 Å². The molecule has 6 heteroatoms. The molecule has 1 aliphatic carbocycles. The van der Waals surface area contributed by atoms with Gasteiger partial charge in [0.25, 0.3) is 0 Å². The van der Waals surface area contributed by atoms with Crippen molar-refractivity contribution in [3.8, 4) is 11.1 Å². The average molecular weight is 409 g/mol. The van der Waals surface area contributed by atoms with Crippen LogP contribution < -0.4 is 0 Å². The van der Waals surface area contributed by atoms with E-state index in [2.05, 4.69) is 24.3 Å². The molecule has 158 valence electrons. The molecule has 1 N–H and O–H groups in total. The summed E-state index contributed by atoms with van der Waals surface area (Å²) in [6.45, 7) is 1.27. The fourth-order valence-corrected chi connectivity index (χ4v) is 4.76. The average Bonchev–Trinajstić information content (AvgIpc) is 2.90. The Balaban J connectivity index is 1.44. The largest absolute Gasteiger partial charge is 0.481 e. The highest BCUT2D eigenvalue weighted by Crippen LogP contribution is 2.44. The molecule has 1 unspecified atom stereocenters. The van der Waals surface area contributed by atoms with E-state index in [1.165, 1.54) is 29.4 Å². The van der Waals surface area contributed by atoms with Gasteiger partial charge in [-0.1, -0.05) is 48.5 Å². The Morgan fingerprint density at radius 1 is 1.03 bits per heavy atom. The third-order valence-electron chi connectivity index (χ3n) is 6.41. The van der Waals surface area contributed by atoms with Crippen LogP contribution in [0.25, 0.3) is 11.1 Å². The Hall–Kier alpha value is -2.86. The number of carbonyl (C=O) groups is 2.